The second-order valence-electron chi connectivity index (χ2n) is 3.69. The van der Waals surface area contributed by atoms with Gasteiger partial charge in [0, 0.05) is 19.5 Å². The minimum absolute atomic E-state index is 0.202. The van der Waals surface area contributed by atoms with Gasteiger partial charge < -0.3 is 15.0 Å². The molecule has 0 aromatic carbocycles. The number of anilines is 1. The molecule has 2 N–H and O–H groups in total. The van der Waals surface area contributed by atoms with Crippen molar-refractivity contribution in [2.45, 2.75) is 19.4 Å². The number of aromatic nitrogens is 2. The Hall–Kier alpha value is -1.23. The van der Waals surface area contributed by atoms with E-state index in [1.165, 1.54) is 0 Å². The smallest absolute Gasteiger partial charge is 0.303 e. The van der Waals surface area contributed by atoms with Gasteiger partial charge in [0.05, 0.1) is 6.20 Å². The molecule has 1 atom stereocenters. The molecule has 0 radical (unpaired) electrons. The molecule has 82 valence electrons. The summed E-state index contributed by atoms with van der Waals surface area (Å²) in [5.41, 5.74) is 0. The monoisotopic (exact) mass is 229 g/mol. The van der Waals surface area contributed by atoms with Crippen molar-refractivity contribution < 1.29 is 9.90 Å². The third-order valence-corrected chi connectivity index (χ3v) is 2.86. The van der Waals surface area contributed by atoms with Gasteiger partial charge in [-0.3, -0.25) is 4.79 Å². The maximum Gasteiger partial charge on any atom is 0.303 e. The lowest BCUT2D eigenvalue weighted by atomic mass is 10.0. The standard InChI is InChI=1S/C9H12ClN3O2/c10-7-4-12-9-11-3-6(5-13(7)9)1-2-8(14)15/h4,6H,1-3,5H2,(H,11,12)(H,14,15). The first-order valence-electron chi connectivity index (χ1n) is 4.83. The molecule has 5 nitrogen and oxygen atoms in total. The third-order valence-electron chi connectivity index (χ3n) is 2.56. The van der Waals surface area contributed by atoms with Gasteiger partial charge in [-0.2, -0.15) is 0 Å². The molecule has 1 aliphatic rings. The van der Waals surface area contributed by atoms with Crippen molar-refractivity contribution in [2.75, 3.05) is 11.9 Å². The molecule has 1 aromatic heterocycles. The number of fused-ring (bicyclic) bond motifs is 1. The summed E-state index contributed by atoms with van der Waals surface area (Å²) in [7, 11) is 0. The Balaban J connectivity index is 1.99. The summed E-state index contributed by atoms with van der Waals surface area (Å²) in [6.07, 6.45) is 2.47. The Kier molecular flexibility index (Phi) is 2.81. The Bertz CT molecular complexity index is 377. The lowest BCUT2D eigenvalue weighted by Gasteiger charge is -2.24. The van der Waals surface area contributed by atoms with E-state index in [-0.39, 0.29) is 6.42 Å². The number of carboxylic acids is 1. The summed E-state index contributed by atoms with van der Waals surface area (Å²) >= 11 is 5.93. The molecule has 0 spiro atoms. The van der Waals surface area contributed by atoms with E-state index >= 15 is 0 Å². The van der Waals surface area contributed by atoms with Crippen LogP contribution in [0.1, 0.15) is 12.8 Å². The third kappa shape index (κ3) is 2.23. The van der Waals surface area contributed by atoms with E-state index in [4.69, 9.17) is 16.7 Å². The molecular formula is C9H12ClN3O2. The normalized spacial score (nSPS) is 19.4. The lowest BCUT2D eigenvalue weighted by molar-refractivity contribution is -0.137. The van der Waals surface area contributed by atoms with E-state index in [0.29, 0.717) is 17.5 Å². The molecule has 15 heavy (non-hydrogen) atoms. The van der Waals surface area contributed by atoms with E-state index in [9.17, 15) is 4.79 Å². The van der Waals surface area contributed by atoms with Crippen LogP contribution in [0, 0.1) is 5.92 Å². The average Bonchev–Trinajstić information content (AvgIpc) is 2.57. The summed E-state index contributed by atoms with van der Waals surface area (Å²) < 4.78 is 1.87. The lowest BCUT2D eigenvalue weighted by Crippen LogP contribution is -2.28. The number of carboxylic acid groups (broad SMARTS) is 1. The zero-order valence-corrected chi connectivity index (χ0v) is 8.87. The largest absolute Gasteiger partial charge is 0.481 e. The predicted octanol–water partition coefficient (Wildman–Crippen LogP) is 1.44. The van der Waals surface area contributed by atoms with Gasteiger partial charge in [0.2, 0.25) is 5.95 Å². The highest BCUT2D eigenvalue weighted by Crippen LogP contribution is 2.24. The average molecular weight is 230 g/mol. The zero-order valence-electron chi connectivity index (χ0n) is 8.11. The van der Waals surface area contributed by atoms with Gasteiger partial charge in [0.1, 0.15) is 5.15 Å². The number of carbonyl (C=O) groups is 1. The quantitative estimate of drug-likeness (QED) is 0.823. The Morgan fingerprint density at radius 3 is 3.33 bits per heavy atom. The number of nitrogens with one attached hydrogen (secondary N) is 1. The highest BCUT2D eigenvalue weighted by atomic mass is 35.5. The van der Waals surface area contributed by atoms with Crippen LogP contribution < -0.4 is 5.32 Å². The number of rotatable bonds is 3. The van der Waals surface area contributed by atoms with Gasteiger partial charge in [-0.1, -0.05) is 11.6 Å². The molecule has 0 saturated heterocycles. The van der Waals surface area contributed by atoms with Gasteiger partial charge in [-0.15, -0.1) is 0 Å². The number of hydrogen-bond donors (Lipinski definition) is 2. The molecule has 0 saturated carbocycles. The summed E-state index contributed by atoms with van der Waals surface area (Å²) in [6.45, 7) is 1.51. The minimum Gasteiger partial charge on any atom is -0.481 e. The van der Waals surface area contributed by atoms with Crippen LogP contribution in [0.25, 0.3) is 0 Å². The molecular weight excluding hydrogens is 218 g/mol. The van der Waals surface area contributed by atoms with Crippen LogP contribution in [-0.2, 0) is 11.3 Å². The second-order valence-corrected chi connectivity index (χ2v) is 4.08. The van der Waals surface area contributed by atoms with Crippen molar-refractivity contribution in [1.29, 1.82) is 0 Å². The Morgan fingerprint density at radius 2 is 2.60 bits per heavy atom. The maximum absolute atomic E-state index is 10.4. The first kappa shape index (κ1) is 10.3. The first-order valence-corrected chi connectivity index (χ1v) is 5.21. The van der Waals surface area contributed by atoms with E-state index in [0.717, 1.165) is 19.0 Å². The van der Waals surface area contributed by atoms with Crippen molar-refractivity contribution in [3.63, 3.8) is 0 Å². The molecule has 0 aliphatic carbocycles. The molecule has 1 aromatic rings. The topological polar surface area (TPSA) is 67.2 Å². The van der Waals surface area contributed by atoms with Crippen molar-refractivity contribution in [3.8, 4) is 0 Å². The molecule has 1 aliphatic heterocycles. The first-order chi connectivity index (χ1) is 7.16. The molecule has 2 rings (SSSR count). The van der Waals surface area contributed by atoms with Crippen LogP contribution >= 0.6 is 11.6 Å². The van der Waals surface area contributed by atoms with E-state index in [2.05, 4.69) is 10.3 Å². The minimum atomic E-state index is -0.752. The second kappa shape index (κ2) is 4.10. The molecule has 0 amide bonds. The summed E-state index contributed by atoms with van der Waals surface area (Å²) in [5, 5.41) is 12.3. The van der Waals surface area contributed by atoms with Gasteiger partial charge in [0.15, 0.2) is 0 Å². The molecule has 6 heteroatoms. The van der Waals surface area contributed by atoms with Gasteiger partial charge >= 0.3 is 5.97 Å². The van der Waals surface area contributed by atoms with Crippen LogP contribution in [-0.4, -0.2) is 27.2 Å². The van der Waals surface area contributed by atoms with E-state index in [1.807, 2.05) is 4.57 Å². The zero-order chi connectivity index (χ0) is 10.8. The SMILES string of the molecule is O=C(O)CCC1CNc2ncc(Cl)n2C1. The van der Waals surface area contributed by atoms with Crippen LogP contribution in [0.5, 0.6) is 0 Å². The maximum atomic E-state index is 10.4. The fourth-order valence-corrected chi connectivity index (χ4v) is 1.95. The van der Waals surface area contributed by atoms with Crippen LogP contribution in [0.15, 0.2) is 6.20 Å². The predicted molar refractivity (Wildman–Crippen MR) is 56.1 cm³/mol. The fraction of sp³-hybridized carbons (Fsp3) is 0.556. The van der Waals surface area contributed by atoms with Crippen molar-refractivity contribution in [3.05, 3.63) is 11.3 Å². The van der Waals surface area contributed by atoms with Gasteiger partial charge in [0.25, 0.3) is 0 Å². The fourth-order valence-electron chi connectivity index (χ4n) is 1.75. The van der Waals surface area contributed by atoms with Gasteiger partial charge in [-0.05, 0) is 12.3 Å². The highest BCUT2D eigenvalue weighted by Gasteiger charge is 2.20. The molecule has 1 unspecified atom stereocenters. The number of imidazole rings is 1. The van der Waals surface area contributed by atoms with Crippen LogP contribution in [0.2, 0.25) is 5.15 Å². The molecule has 2 heterocycles. The van der Waals surface area contributed by atoms with Crippen molar-refractivity contribution in [2.24, 2.45) is 5.92 Å². The number of hydrogen-bond acceptors (Lipinski definition) is 3. The summed E-state index contributed by atoms with van der Waals surface area (Å²) in [4.78, 5) is 14.5. The number of halogens is 1. The molecule has 0 bridgehead atoms. The van der Waals surface area contributed by atoms with Crippen molar-refractivity contribution in [1.82, 2.24) is 9.55 Å². The van der Waals surface area contributed by atoms with E-state index in [1.54, 1.807) is 6.20 Å². The van der Waals surface area contributed by atoms with E-state index < -0.39 is 5.97 Å². The Labute approximate surface area is 92.1 Å². The van der Waals surface area contributed by atoms with Crippen molar-refractivity contribution >= 4 is 23.5 Å². The van der Waals surface area contributed by atoms with Crippen LogP contribution in [0.4, 0.5) is 5.95 Å². The number of aliphatic carboxylic acids is 1. The Morgan fingerprint density at radius 1 is 1.80 bits per heavy atom. The highest BCUT2D eigenvalue weighted by molar-refractivity contribution is 6.29. The summed E-state index contributed by atoms with van der Waals surface area (Å²) in [5.74, 6) is 0.324. The van der Waals surface area contributed by atoms with Crippen LogP contribution in [0.3, 0.4) is 0 Å². The summed E-state index contributed by atoms with van der Waals surface area (Å²) in [6, 6.07) is 0. The number of nitrogens with zero attached hydrogens (tertiary/aromatic N) is 2. The molecule has 0 fully saturated rings. The van der Waals surface area contributed by atoms with Gasteiger partial charge in [-0.25, -0.2) is 4.98 Å².